The van der Waals surface area contributed by atoms with E-state index < -0.39 is 0 Å². The van der Waals surface area contributed by atoms with E-state index in [1.54, 1.807) is 0 Å². The number of piperidine rings is 1. The summed E-state index contributed by atoms with van der Waals surface area (Å²) in [5, 5.41) is 3.73. The summed E-state index contributed by atoms with van der Waals surface area (Å²) in [5.41, 5.74) is 0. The van der Waals surface area contributed by atoms with Crippen LogP contribution in [0.5, 0.6) is 0 Å². The standard InChI is InChI=1S/C15H26N2/c1-2-6-14(7-3-1)17-11-5-4-8-15(17)12-16-13-9-10-13/h2,6,13-16H,1,3-5,7-12H2. The smallest absolute Gasteiger partial charge is 0.0281 e. The largest absolute Gasteiger partial charge is 0.312 e. The highest BCUT2D eigenvalue weighted by molar-refractivity contribution is 5.01. The summed E-state index contributed by atoms with van der Waals surface area (Å²) in [7, 11) is 0. The van der Waals surface area contributed by atoms with Crippen LogP contribution in [0.4, 0.5) is 0 Å². The monoisotopic (exact) mass is 234 g/mol. The van der Waals surface area contributed by atoms with E-state index in [9.17, 15) is 0 Å². The molecule has 2 aliphatic carbocycles. The molecular formula is C15H26N2. The second-order valence-electron chi connectivity index (χ2n) is 6.00. The molecule has 0 aromatic heterocycles. The molecule has 1 heterocycles. The summed E-state index contributed by atoms with van der Waals surface area (Å²) < 4.78 is 0. The zero-order valence-corrected chi connectivity index (χ0v) is 10.9. The van der Waals surface area contributed by atoms with Crippen molar-refractivity contribution >= 4 is 0 Å². The van der Waals surface area contributed by atoms with Gasteiger partial charge in [0.25, 0.3) is 0 Å². The maximum atomic E-state index is 3.73. The molecule has 1 saturated heterocycles. The van der Waals surface area contributed by atoms with E-state index in [2.05, 4.69) is 22.4 Å². The van der Waals surface area contributed by atoms with Crippen LogP contribution in [0.15, 0.2) is 12.2 Å². The minimum absolute atomic E-state index is 0.745. The summed E-state index contributed by atoms with van der Waals surface area (Å²) >= 11 is 0. The van der Waals surface area contributed by atoms with Crippen LogP contribution in [-0.2, 0) is 0 Å². The van der Waals surface area contributed by atoms with Gasteiger partial charge in [0.15, 0.2) is 0 Å². The van der Waals surface area contributed by atoms with Crippen molar-refractivity contribution in [3.05, 3.63) is 12.2 Å². The maximum Gasteiger partial charge on any atom is 0.0281 e. The summed E-state index contributed by atoms with van der Waals surface area (Å²) in [6, 6.07) is 2.41. The van der Waals surface area contributed by atoms with Crippen molar-refractivity contribution in [2.75, 3.05) is 13.1 Å². The number of likely N-dealkylation sites (tertiary alicyclic amines) is 1. The number of hydrogen-bond acceptors (Lipinski definition) is 2. The van der Waals surface area contributed by atoms with Crippen molar-refractivity contribution in [1.29, 1.82) is 0 Å². The Morgan fingerprint density at radius 2 is 2.00 bits per heavy atom. The van der Waals surface area contributed by atoms with Crippen LogP contribution < -0.4 is 5.32 Å². The van der Waals surface area contributed by atoms with E-state index in [1.807, 2.05) is 0 Å². The molecule has 0 radical (unpaired) electrons. The Morgan fingerprint density at radius 3 is 2.76 bits per heavy atom. The molecule has 2 nitrogen and oxygen atoms in total. The topological polar surface area (TPSA) is 15.3 Å². The third kappa shape index (κ3) is 3.11. The van der Waals surface area contributed by atoms with Gasteiger partial charge >= 0.3 is 0 Å². The number of allylic oxidation sites excluding steroid dienone is 1. The Bertz CT molecular complexity index is 270. The molecule has 2 fully saturated rings. The minimum Gasteiger partial charge on any atom is -0.312 e. The van der Waals surface area contributed by atoms with Gasteiger partial charge in [0.1, 0.15) is 0 Å². The predicted octanol–water partition coefficient (Wildman–Crippen LogP) is 2.70. The van der Waals surface area contributed by atoms with Crippen molar-refractivity contribution in [3.63, 3.8) is 0 Å². The van der Waals surface area contributed by atoms with Gasteiger partial charge < -0.3 is 5.32 Å². The Morgan fingerprint density at radius 1 is 1.06 bits per heavy atom. The van der Waals surface area contributed by atoms with Crippen molar-refractivity contribution in [2.45, 2.75) is 69.5 Å². The summed E-state index contributed by atoms with van der Waals surface area (Å²) in [6.07, 6.45) is 16.0. The van der Waals surface area contributed by atoms with E-state index >= 15 is 0 Å². The molecule has 3 rings (SSSR count). The van der Waals surface area contributed by atoms with E-state index in [1.165, 1.54) is 64.5 Å². The van der Waals surface area contributed by atoms with Gasteiger partial charge in [-0.15, -0.1) is 0 Å². The van der Waals surface area contributed by atoms with Gasteiger partial charge in [-0.05, 0) is 51.5 Å². The molecule has 0 aromatic carbocycles. The summed E-state index contributed by atoms with van der Waals surface area (Å²) in [5.74, 6) is 0. The summed E-state index contributed by atoms with van der Waals surface area (Å²) in [6.45, 7) is 2.56. The molecule has 0 aromatic rings. The Kier molecular flexibility index (Phi) is 3.82. The first-order valence-corrected chi connectivity index (χ1v) is 7.59. The van der Waals surface area contributed by atoms with E-state index in [0.717, 1.165) is 18.1 Å². The van der Waals surface area contributed by atoms with Crippen molar-refractivity contribution in [3.8, 4) is 0 Å². The highest BCUT2D eigenvalue weighted by atomic mass is 15.2. The fourth-order valence-electron chi connectivity index (χ4n) is 3.34. The van der Waals surface area contributed by atoms with Crippen LogP contribution in [0, 0.1) is 0 Å². The molecule has 0 amide bonds. The quantitative estimate of drug-likeness (QED) is 0.752. The van der Waals surface area contributed by atoms with E-state index in [4.69, 9.17) is 0 Å². The molecule has 0 bridgehead atoms. The molecule has 1 saturated carbocycles. The molecule has 2 atom stereocenters. The maximum absolute atomic E-state index is 3.73. The zero-order valence-electron chi connectivity index (χ0n) is 10.9. The lowest BCUT2D eigenvalue weighted by molar-refractivity contribution is 0.107. The number of rotatable bonds is 4. The van der Waals surface area contributed by atoms with Crippen LogP contribution in [-0.4, -0.2) is 36.1 Å². The third-order valence-corrected chi connectivity index (χ3v) is 4.55. The van der Waals surface area contributed by atoms with Gasteiger partial charge in [0.2, 0.25) is 0 Å². The van der Waals surface area contributed by atoms with Gasteiger partial charge in [-0.25, -0.2) is 0 Å². The molecule has 2 heteroatoms. The summed E-state index contributed by atoms with van der Waals surface area (Å²) in [4.78, 5) is 2.79. The SMILES string of the molecule is C1=CC(N2CCCCC2CNC2CC2)CCC1. The second kappa shape index (κ2) is 5.53. The number of hydrogen-bond donors (Lipinski definition) is 1. The normalized spacial score (nSPS) is 35.1. The lowest BCUT2D eigenvalue weighted by Crippen LogP contribution is -2.50. The van der Waals surface area contributed by atoms with Crippen LogP contribution in [0.1, 0.15) is 51.4 Å². The average Bonchev–Trinajstić information content (AvgIpc) is 3.22. The molecule has 96 valence electrons. The molecule has 17 heavy (non-hydrogen) atoms. The van der Waals surface area contributed by atoms with E-state index in [-0.39, 0.29) is 0 Å². The van der Waals surface area contributed by atoms with Crippen LogP contribution in [0.3, 0.4) is 0 Å². The first-order valence-electron chi connectivity index (χ1n) is 7.59. The lowest BCUT2D eigenvalue weighted by atomic mass is 9.94. The third-order valence-electron chi connectivity index (χ3n) is 4.55. The van der Waals surface area contributed by atoms with Gasteiger partial charge in [0, 0.05) is 24.7 Å². The van der Waals surface area contributed by atoms with Gasteiger partial charge in [-0.2, -0.15) is 0 Å². The fourth-order valence-corrected chi connectivity index (χ4v) is 3.34. The molecule has 1 aliphatic heterocycles. The predicted molar refractivity (Wildman–Crippen MR) is 72.1 cm³/mol. The van der Waals surface area contributed by atoms with Crippen molar-refractivity contribution in [1.82, 2.24) is 10.2 Å². The molecular weight excluding hydrogens is 208 g/mol. The Labute approximate surface area is 105 Å². The number of nitrogens with zero attached hydrogens (tertiary/aromatic N) is 1. The van der Waals surface area contributed by atoms with Gasteiger partial charge in [-0.1, -0.05) is 18.6 Å². The van der Waals surface area contributed by atoms with Gasteiger partial charge in [0.05, 0.1) is 0 Å². The first kappa shape index (κ1) is 11.7. The molecule has 3 aliphatic rings. The second-order valence-corrected chi connectivity index (χ2v) is 6.00. The molecule has 1 N–H and O–H groups in total. The van der Waals surface area contributed by atoms with Crippen LogP contribution in [0.25, 0.3) is 0 Å². The van der Waals surface area contributed by atoms with Gasteiger partial charge in [-0.3, -0.25) is 4.90 Å². The van der Waals surface area contributed by atoms with Crippen molar-refractivity contribution < 1.29 is 0 Å². The zero-order chi connectivity index (χ0) is 11.5. The molecule has 0 spiro atoms. The highest BCUT2D eigenvalue weighted by Crippen LogP contribution is 2.26. The number of nitrogens with one attached hydrogen (secondary N) is 1. The first-order chi connectivity index (χ1) is 8.43. The minimum atomic E-state index is 0.745. The van der Waals surface area contributed by atoms with E-state index in [0.29, 0.717) is 0 Å². The Balaban J connectivity index is 1.57. The lowest BCUT2D eigenvalue weighted by Gasteiger charge is -2.41. The van der Waals surface area contributed by atoms with Crippen LogP contribution >= 0.6 is 0 Å². The van der Waals surface area contributed by atoms with Crippen molar-refractivity contribution in [2.24, 2.45) is 0 Å². The molecule has 2 unspecified atom stereocenters. The average molecular weight is 234 g/mol. The van der Waals surface area contributed by atoms with Crippen LogP contribution in [0.2, 0.25) is 0 Å². The highest BCUT2D eigenvalue weighted by Gasteiger charge is 2.29. The Hall–Kier alpha value is -0.340. The fraction of sp³-hybridized carbons (Fsp3) is 0.867.